The molecule has 0 spiro atoms. The van der Waals surface area contributed by atoms with E-state index in [1.54, 1.807) is 31.4 Å². The smallest absolute Gasteiger partial charge is 0.236 e. The molecule has 214 valence electrons. The van der Waals surface area contributed by atoms with Crippen LogP contribution >= 0.6 is 11.6 Å². The van der Waals surface area contributed by atoms with Crippen molar-refractivity contribution >= 4 is 33.0 Å². The van der Waals surface area contributed by atoms with Crippen LogP contribution in [0.25, 0.3) is 11.5 Å². The van der Waals surface area contributed by atoms with Gasteiger partial charge in [-0.05, 0) is 48.5 Å². The molecule has 4 aromatic rings. The minimum atomic E-state index is -4.11. The number of piperazine rings is 1. The Morgan fingerprint density at radius 1 is 0.829 bits per heavy atom. The number of benzene rings is 3. The summed E-state index contributed by atoms with van der Waals surface area (Å²) in [6.07, 6.45) is 0. The fourth-order valence-corrected chi connectivity index (χ4v) is 6.43. The van der Waals surface area contributed by atoms with Crippen molar-refractivity contribution in [2.45, 2.75) is 9.92 Å². The molecule has 0 bridgehead atoms. The van der Waals surface area contributed by atoms with Crippen molar-refractivity contribution in [1.29, 1.82) is 0 Å². The molecular weight excluding hydrogens is 570 g/mol. The van der Waals surface area contributed by atoms with Gasteiger partial charge in [-0.3, -0.25) is 0 Å². The van der Waals surface area contributed by atoms with Gasteiger partial charge in [0.1, 0.15) is 13.2 Å². The van der Waals surface area contributed by atoms with E-state index >= 15 is 0 Å². The fraction of sp³-hybridized carbons (Fsp3) is 0.276. The maximum atomic E-state index is 14.1. The van der Waals surface area contributed by atoms with Gasteiger partial charge in [-0.1, -0.05) is 17.7 Å². The predicted molar refractivity (Wildman–Crippen MR) is 154 cm³/mol. The molecule has 10 nitrogen and oxygen atoms in total. The van der Waals surface area contributed by atoms with Crippen molar-refractivity contribution in [3.8, 4) is 34.5 Å². The van der Waals surface area contributed by atoms with Crippen molar-refractivity contribution in [3.05, 3.63) is 65.7 Å². The number of hydrogen-bond acceptors (Lipinski definition) is 10. The molecule has 0 N–H and O–H groups in total. The Hall–Kier alpha value is -4.09. The van der Waals surface area contributed by atoms with E-state index in [1.807, 2.05) is 29.2 Å². The second kappa shape index (κ2) is 11.1. The summed E-state index contributed by atoms with van der Waals surface area (Å²) in [5.74, 6) is 2.20. The Labute approximate surface area is 242 Å². The van der Waals surface area contributed by atoms with Gasteiger partial charge in [0, 0.05) is 48.5 Å². The summed E-state index contributed by atoms with van der Waals surface area (Å²) in [7, 11) is -1.04. The summed E-state index contributed by atoms with van der Waals surface area (Å²) in [4.78, 5) is 8.68. The molecule has 1 saturated heterocycles. The molecule has 6 rings (SSSR count). The van der Waals surface area contributed by atoms with Crippen molar-refractivity contribution in [2.24, 2.45) is 0 Å². The molecule has 41 heavy (non-hydrogen) atoms. The highest BCUT2D eigenvalue weighted by molar-refractivity contribution is 7.91. The number of anilines is 2. The number of sulfone groups is 1. The van der Waals surface area contributed by atoms with E-state index in [1.165, 1.54) is 19.2 Å². The van der Waals surface area contributed by atoms with Crippen molar-refractivity contribution < 1.29 is 31.8 Å². The van der Waals surface area contributed by atoms with E-state index < -0.39 is 9.84 Å². The average Bonchev–Trinajstić information content (AvgIpc) is 3.47. The first-order valence-electron chi connectivity index (χ1n) is 13.0. The summed E-state index contributed by atoms with van der Waals surface area (Å²) in [5, 5.41) is 0.489. The van der Waals surface area contributed by atoms with E-state index in [4.69, 9.17) is 35.0 Å². The van der Waals surface area contributed by atoms with Crippen LogP contribution in [-0.2, 0) is 9.84 Å². The lowest BCUT2D eigenvalue weighted by Crippen LogP contribution is -2.46. The van der Waals surface area contributed by atoms with Crippen molar-refractivity contribution in [3.63, 3.8) is 0 Å². The minimum absolute atomic E-state index is 0.0349. The highest BCUT2D eigenvalue weighted by atomic mass is 35.5. The monoisotopic (exact) mass is 597 g/mol. The molecule has 0 radical (unpaired) electrons. The molecule has 2 aliphatic heterocycles. The third-order valence-corrected chi connectivity index (χ3v) is 8.91. The number of ether oxygens (including phenoxy) is 4. The fourth-order valence-electron chi connectivity index (χ4n) is 4.91. The summed E-state index contributed by atoms with van der Waals surface area (Å²) < 4.78 is 56.4. The lowest BCUT2D eigenvalue weighted by Gasteiger charge is -2.36. The molecule has 0 atom stereocenters. The van der Waals surface area contributed by atoms with Crippen molar-refractivity contribution in [1.82, 2.24) is 4.98 Å². The number of methoxy groups -OCH3 is 2. The van der Waals surface area contributed by atoms with Gasteiger partial charge in [-0.15, -0.1) is 0 Å². The maximum absolute atomic E-state index is 14.1. The first-order chi connectivity index (χ1) is 19.9. The highest BCUT2D eigenvalue weighted by Gasteiger charge is 2.34. The predicted octanol–water partition coefficient (Wildman–Crippen LogP) is 4.94. The normalized spacial score (nSPS) is 15.1. The maximum Gasteiger partial charge on any atom is 0.236 e. The number of nitrogens with zero attached hydrogens (tertiary/aromatic N) is 3. The SMILES string of the molecule is COc1ccc(-c2nc(S(=O)(=O)c3ccc4c(c3)OCCO4)c(N3CCN(c4cccc(Cl)c4)CC3)o2)cc1OC. The molecule has 0 saturated carbocycles. The quantitative estimate of drug-likeness (QED) is 0.291. The van der Waals surface area contributed by atoms with E-state index in [9.17, 15) is 8.42 Å². The molecule has 12 heteroatoms. The number of fused-ring (bicyclic) bond motifs is 1. The molecule has 0 aliphatic carbocycles. The third kappa shape index (κ3) is 5.22. The summed E-state index contributed by atoms with van der Waals surface area (Å²) in [5.41, 5.74) is 1.55. The van der Waals surface area contributed by atoms with Gasteiger partial charge in [0.2, 0.25) is 26.6 Å². The average molecular weight is 598 g/mol. The van der Waals surface area contributed by atoms with Crippen LogP contribution in [0.3, 0.4) is 0 Å². The molecule has 0 unspecified atom stereocenters. The van der Waals surface area contributed by atoms with Crippen LogP contribution in [0.15, 0.2) is 75.0 Å². The second-order valence-electron chi connectivity index (χ2n) is 9.46. The second-order valence-corrected chi connectivity index (χ2v) is 11.8. The molecule has 3 aromatic carbocycles. The van der Waals surface area contributed by atoms with E-state index in [-0.39, 0.29) is 21.7 Å². The van der Waals surface area contributed by atoms with Crippen LogP contribution in [0.1, 0.15) is 0 Å². The van der Waals surface area contributed by atoms with Crippen LogP contribution in [-0.4, -0.2) is 67.0 Å². The number of hydrogen-bond donors (Lipinski definition) is 0. The Morgan fingerprint density at radius 2 is 1.56 bits per heavy atom. The van der Waals surface area contributed by atoms with Gasteiger partial charge < -0.3 is 33.2 Å². The summed E-state index contributed by atoms with van der Waals surface area (Å²) in [6.45, 7) is 3.04. The zero-order valence-electron chi connectivity index (χ0n) is 22.5. The Morgan fingerprint density at radius 3 is 2.29 bits per heavy atom. The van der Waals surface area contributed by atoms with Gasteiger partial charge in [-0.2, -0.15) is 4.98 Å². The van der Waals surface area contributed by atoms with Crippen LogP contribution in [0.5, 0.6) is 23.0 Å². The zero-order chi connectivity index (χ0) is 28.6. The highest BCUT2D eigenvalue weighted by Crippen LogP contribution is 2.40. The first kappa shape index (κ1) is 27.1. The Balaban J connectivity index is 1.39. The number of rotatable bonds is 7. The van der Waals surface area contributed by atoms with E-state index in [2.05, 4.69) is 9.88 Å². The van der Waals surface area contributed by atoms with Gasteiger partial charge in [0.25, 0.3) is 0 Å². The van der Waals surface area contributed by atoms with Crippen LogP contribution < -0.4 is 28.7 Å². The largest absolute Gasteiger partial charge is 0.493 e. The molecule has 1 aromatic heterocycles. The molecule has 0 amide bonds. The van der Waals surface area contributed by atoms with Crippen LogP contribution in [0.2, 0.25) is 5.02 Å². The van der Waals surface area contributed by atoms with Gasteiger partial charge in [0.15, 0.2) is 23.0 Å². The lowest BCUT2D eigenvalue weighted by molar-refractivity contribution is 0.171. The van der Waals surface area contributed by atoms with Crippen LogP contribution in [0, 0.1) is 0 Å². The van der Waals surface area contributed by atoms with Gasteiger partial charge in [0.05, 0.1) is 19.1 Å². The number of aromatic nitrogens is 1. The standard InChI is InChI=1S/C29H28ClN3O7S/c1-36-23-8-6-19(16-25(23)37-2)27-31-28(41(34,35)22-7-9-24-26(18-22)39-15-14-38-24)29(40-27)33-12-10-32(11-13-33)21-5-3-4-20(30)17-21/h3-9,16-18H,10-15H2,1-2H3. The molecule has 1 fully saturated rings. The van der Waals surface area contributed by atoms with Crippen molar-refractivity contribution in [2.75, 3.05) is 63.4 Å². The van der Waals surface area contributed by atoms with Gasteiger partial charge >= 0.3 is 0 Å². The molecular formula is C29H28ClN3O7S. The zero-order valence-corrected chi connectivity index (χ0v) is 24.1. The lowest BCUT2D eigenvalue weighted by atomic mass is 10.2. The third-order valence-electron chi connectivity index (χ3n) is 7.03. The van der Waals surface area contributed by atoms with E-state index in [0.717, 1.165) is 5.69 Å². The first-order valence-corrected chi connectivity index (χ1v) is 14.9. The minimum Gasteiger partial charge on any atom is -0.493 e. The Bertz CT molecular complexity index is 1680. The summed E-state index contributed by atoms with van der Waals surface area (Å²) >= 11 is 6.20. The van der Waals surface area contributed by atoms with Crippen LogP contribution in [0.4, 0.5) is 11.6 Å². The van der Waals surface area contributed by atoms with Gasteiger partial charge in [-0.25, -0.2) is 8.42 Å². The Kier molecular flexibility index (Phi) is 7.31. The molecule has 3 heterocycles. The summed E-state index contributed by atoms with van der Waals surface area (Å²) in [6, 6.07) is 17.4. The topological polar surface area (TPSA) is 104 Å². The van der Waals surface area contributed by atoms with E-state index in [0.29, 0.717) is 73.0 Å². The number of halogens is 1. The number of oxazole rings is 1. The molecule has 2 aliphatic rings.